The molecule has 1 atom stereocenters. The first-order chi connectivity index (χ1) is 6.11. The molecule has 3 nitrogen and oxygen atoms in total. The third-order valence-electron chi connectivity index (χ3n) is 2.01. The van der Waals surface area contributed by atoms with E-state index >= 15 is 0 Å². The molecule has 0 radical (unpaired) electrons. The fraction of sp³-hybridized carbons (Fsp3) is 0.700. The highest BCUT2D eigenvalue weighted by Crippen LogP contribution is 1.98. The lowest BCUT2D eigenvalue weighted by Gasteiger charge is -2.20. The maximum absolute atomic E-state index is 11.0. The monoisotopic (exact) mass is 185 g/mol. The standard InChI is InChI=1S/C10H19NO2/c1-5-9(3)11(4)8-7-10(12)13-6-2/h5,9H,1,6-8H2,2-4H3. The summed E-state index contributed by atoms with van der Waals surface area (Å²) in [5.74, 6) is -0.134. The van der Waals surface area contributed by atoms with Gasteiger partial charge in [0, 0.05) is 12.6 Å². The minimum Gasteiger partial charge on any atom is -0.466 e. The summed E-state index contributed by atoms with van der Waals surface area (Å²) in [5.41, 5.74) is 0. The molecule has 0 spiro atoms. The van der Waals surface area contributed by atoms with Crippen molar-refractivity contribution in [3.63, 3.8) is 0 Å². The maximum Gasteiger partial charge on any atom is 0.307 e. The maximum atomic E-state index is 11.0. The topological polar surface area (TPSA) is 29.5 Å². The van der Waals surface area contributed by atoms with Crippen molar-refractivity contribution in [2.75, 3.05) is 20.2 Å². The van der Waals surface area contributed by atoms with E-state index in [2.05, 4.69) is 11.5 Å². The lowest BCUT2D eigenvalue weighted by atomic mass is 10.3. The lowest BCUT2D eigenvalue weighted by Crippen LogP contribution is -2.29. The van der Waals surface area contributed by atoms with Crippen LogP contribution in [0.2, 0.25) is 0 Å². The molecule has 0 rings (SSSR count). The number of carbonyl (C=O) groups excluding carboxylic acids is 1. The van der Waals surface area contributed by atoms with Crippen molar-refractivity contribution in [3.8, 4) is 0 Å². The zero-order chi connectivity index (χ0) is 10.3. The molecule has 0 saturated carbocycles. The van der Waals surface area contributed by atoms with Crippen molar-refractivity contribution >= 4 is 5.97 Å². The van der Waals surface area contributed by atoms with Gasteiger partial charge in [-0.05, 0) is 20.9 Å². The van der Waals surface area contributed by atoms with E-state index in [0.29, 0.717) is 25.6 Å². The van der Waals surface area contributed by atoms with Crippen LogP contribution in [0.4, 0.5) is 0 Å². The number of carbonyl (C=O) groups is 1. The Balaban J connectivity index is 3.62. The summed E-state index contributed by atoms with van der Waals surface area (Å²) >= 11 is 0. The molecule has 0 bridgehead atoms. The summed E-state index contributed by atoms with van der Waals surface area (Å²) in [6.07, 6.45) is 2.30. The quantitative estimate of drug-likeness (QED) is 0.463. The number of likely N-dealkylation sites (N-methyl/N-ethyl adjacent to an activating group) is 1. The van der Waals surface area contributed by atoms with Crippen molar-refractivity contribution in [2.24, 2.45) is 0 Å². The molecule has 3 heteroatoms. The number of hydrogen-bond acceptors (Lipinski definition) is 3. The number of ether oxygens (including phenoxy) is 1. The second kappa shape index (κ2) is 6.66. The van der Waals surface area contributed by atoms with Crippen LogP contribution in [0.3, 0.4) is 0 Å². The van der Waals surface area contributed by atoms with E-state index in [0.717, 1.165) is 0 Å². The summed E-state index contributed by atoms with van der Waals surface area (Å²) < 4.78 is 4.81. The molecule has 0 aliphatic carbocycles. The molecule has 0 amide bonds. The van der Waals surface area contributed by atoms with E-state index in [-0.39, 0.29) is 5.97 Å². The SMILES string of the molecule is C=CC(C)N(C)CCC(=O)OCC. The molecule has 0 N–H and O–H groups in total. The van der Waals surface area contributed by atoms with E-state index in [4.69, 9.17) is 4.74 Å². The highest BCUT2D eigenvalue weighted by atomic mass is 16.5. The Morgan fingerprint density at radius 3 is 2.77 bits per heavy atom. The van der Waals surface area contributed by atoms with Crippen LogP contribution >= 0.6 is 0 Å². The first kappa shape index (κ1) is 12.2. The van der Waals surface area contributed by atoms with Crippen molar-refractivity contribution < 1.29 is 9.53 Å². The lowest BCUT2D eigenvalue weighted by molar-refractivity contribution is -0.143. The molecule has 0 aromatic heterocycles. The Morgan fingerprint density at radius 2 is 2.31 bits per heavy atom. The fourth-order valence-electron chi connectivity index (χ4n) is 0.884. The zero-order valence-electron chi connectivity index (χ0n) is 8.75. The van der Waals surface area contributed by atoms with Gasteiger partial charge in [-0.3, -0.25) is 9.69 Å². The molecular weight excluding hydrogens is 166 g/mol. The molecular formula is C10H19NO2. The minimum atomic E-state index is -0.134. The van der Waals surface area contributed by atoms with E-state index in [1.165, 1.54) is 0 Å². The van der Waals surface area contributed by atoms with Crippen LogP contribution in [-0.4, -0.2) is 37.1 Å². The molecule has 0 aliphatic heterocycles. The third kappa shape index (κ3) is 5.42. The van der Waals surface area contributed by atoms with Gasteiger partial charge in [0.05, 0.1) is 13.0 Å². The van der Waals surface area contributed by atoms with Gasteiger partial charge in [-0.25, -0.2) is 0 Å². The molecule has 0 saturated heterocycles. The van der Waals surface area contributed by atoms with Crippen LogP contribution in [0, 0.1) is 0 Å². The Kier molecular flexibility index (Phi) is 6.24. The van der Waals surface area contributed by atoms with Gasteiger partial charge in [-0.15, -0.1) is 6.58 Å². The summed E-state index contributed by atoms with van der Waals surface area (Å²) in [6.45, 7) is 8.71. The molecule has 0 fully saturated rings. The Hall–Kier alpha value is -0.830. The first-order valence-electron chi connectivity index (χ1n) is 4.60. The van der Waals surface area contributed by atoms with Crippen LogP contribution < -0.4 is 0 Å². The van der Waals surface area contributed by atoms with Crippen LogP contribution in [0.25, 0.3) is 0 Å². The van der Waals surface area contributed by atoms with Crippen LogP contribution in [0.1, 0.15) is 20.3 Å². The van der Waals surface area contributed by atoms with E-state index in [1.54, 1.807) is 0 Å². The number of hydrogen-bond donors (Lipinski definition) is 0. The van der Waals surface area contributed by atoms with Crippen LogP contribution in [0.5, 0.6) is 0 Å². The molecule has 0 aromatic rings. The van der Waals surface area contributed by atoms with Crippen molar-refractivity contribution in [2.45, 2.75) is 26.3 Å². The second-order valence-electron chi connectivity index (χ2n) is 3.01. The summed E-state index contributed by atoms with van der Waals surface area (Å²) in [7, 11) is 1.96. The molecule has 0 aromatic carbocycles. The Bertz CT molecular complexity index is 168. The molecule has 0 aliphatic rings. The normalized spacial score (nSPS) is 12.6. The van der Waals surface area contributed by atoms with Gasteiger partial charge in [-0.1, -0.05) is 6.08 Å². The van der Waals surface area contributed by atoms with Gasteiger partial charge in [0.1, 0.15) is 0 Å². The van der Waals surface area contributed by atoms with Gasteiger partial charge in [0.25, 0.3) is 0 Å². The van der Waals surface area contributed by atoms with Crippen LogP contribution in [0.15, 0.2) is 12.7 Å². The summed E-state index contributed by atoms with van der Waals surface area (Å²) in [4.78, 5) is 13.0. The summed E-state index contributed by atoms with van der Waals surface area (Å²) in [6, 6.07) is 0.300. The van der Waals surface area contributed by atoms with E-state index in [1.807, 2.05) is 27.0 Å². The van der Waals surface area contributed by atoms with Crippen molar-refractivity contribution in [3.05, 3.63) is 12.7 Å². The predicted octanol–water partition coefficient (Wildman–Crippen LogP) is 1.45. The van der Waals surface area contributed by atoms with Crippen molar-refractivity contribution in [1.29, 1.82) is 0 Å². The highest BCUT2D eigenvalue weighted by Gasteiger charge is 2.07. The predicted molar refractivity (Wildman–Crippen MR) is 53.5 cm³/mol. The van der Waals surface area contributed by atoms with Crippen LogP contribution in [-0.2, 0) is 9.53 Å². The molecule has 0 heterocycles. The Morgan fingerprint density at radius 1 is 1.69 bits per heavy atom. The summed E-state index contributed by atoms with van der Waals surface area (Å²) in [5, 5.41) is 0. The molecule has 1 unspecified atom stereocenters. The van der Waals surface area contributed by atoms with Gasteiger partial charge in [0.2, 0.25) is 0 Å². The zero-order valence-corrected chi connectivity index (χ0v) is 8.75. The third-order valence-corrected chi connectivity index (χ3v) is 2.01. The Labute approximate surface area is 80.4 Å². The van der Waals surface area contributed by atoms with Gasteiger partial charge >= 0.3 is 5.97 Å². The van der Waals surface area contributed by atoms with Gasteiger partial charge in [-0.2, -0.15) is 0 Å². The molecule has 76 valence electrons. The number of nitrogens with zero attached hydrogens (tertiary/aromatic N) is 1. The number of rotatable bonds is 6. The van der Waals surface area contributed by atoms with E-state index in [9.17, 15) is 4.79 Å². The van der Waals surface area contributed by atoms with Gasteiger partial charge in [0.15, 0.2) is 0 Å². The average Bonchev–Trinajstić information content (AvgIpc) is 2.13. The average molecular weight is 185 g/mol. The van der Waals surface area contributed by atoms with Crippen molar-refractivity contribution in [1.82, 2.24) is 4.90 Å². The molecule has 13 heavy (non-hydrogen) atoms. The smallest absolute Gasteiger partial charge is 0.307 e. The largest absolute Gasteiger partial charge is 0.466 e. The minimum absolute atomic E-state index is 0.134. The second-order valence-corrected chi connectivity index (χ2v) is 3.01. The first-order valence-corrected chi connectivity index (χ1v) is 4.60. The number of esters is 1. The van der Waals surface area contributed by atoms with Gasteiger partial charge < -0.3 is 4.74 Å². The fourth-order valence-corrected chi connectivity index (χ4v) is 0.884. The highest BCUT2D eigenvalue weighted by molar-refractivity contribution is 5.69. The van der Waals surface area contributed by atoms with E-state index < -0.39 is 0 Å².